The predicted molar refractivity (Wildman–Crippen MR) is 162 cm³/mol. The molecule has 0 amide bonds. The first-order valence-electron chi connectivity index (χ1n) is 13.5. The van der Waals surface area contributed by atoms with Crippen LogP contribution in [0.4, 0.5) is 17.1 Å². The summed E-state index contributed by atoms with van der Waals surface area (Å²) in [5.74, 6) is 0. The third-order valence-electron chi connectivity index (χ3n) is 8.29. The van der Waals surface area contributed by atoms with Crippen LogP contribution in [0.15, 0.2) is 114 Å². The number of hydrogen-bond acceptors (Lipinski definition) is 4. The summed E-state index contributed by atoms with van der Waals surface area (Å²) in [6.07, 6.45) is 0. The summed E-state index contributed by atoms with van der Waals surface area (Å²) in [4.78, 5) is 2.30. The minimum Gasteiger partial charge on any atom is -0.456 e. The van der Waals surface area contributed by atoms with Crippen LogP contribution in [-0.2, 0) is 9.31 Å². The van der Waals surface area contributed by atoms with E-state index in [1.807, 2.05) is 24.3 Å². The van der Waals surface area contributed by atoms with Crippen molar-refractivity contribution in [3.63, 3.8) is 0 Å². The molecule has 192 valence electrons. The maximum Gasteiger partial charge on any atom is 0.495 e. The summed E-state index contributed by atoms with van der Waals surface area (Å²) in [6.45, 7) is 8.35. The fraction of sp³-hybridized carbons (Fsp3) is 0.176. The normalized spacial score (nSPS) is 16.4. The van der Waals surface area contributed by atoms with E-state index in [0.717, 1.165) is 55.2 Å². The van der Waals surface area contributed by atoms with Gasteiger partial charge in [-0.1, -0.05) is 72.8 Å². The van der Waals surface area contributed by atoms with E-state index in [0.29, 0.717) is 0 Å². The summed E-state index contributed by atoms with van der Waals surface area (Å²) < 4.78 is 19.6. The molecule has 7 rings (SSSR count). The second-order valence-electron chi connectivity index (χ2n) is 11.2. The Hall–Kier alpha value is -4.06. The van der Waals surface area contributed by atoms with E-state index in [1.54, 1.807) is 0 Å². The van der Waals surface area contributed by atoms with Crippen LogP contribution in [0.3, 0.4) is 0 Å². The number of furan rings is 1. The number of fused-ring (bicyclic) bond motifs is 5. The fourth-order valence-electron chi connectivity index (χ4n) is 5.62. The Morgan fingerprint density at radius 1 is 0.564 bits per heavy atom. The fourth-order valence-corrected chi connectivity index (χ4v) is 5.62. The van der Waals surface area contributed by atoms with Crippen molar-refractivity contribution in [3.05, 3.63) is 109 Å². The van der Waals surface area contributed by atoms with Gasteiger partial charge in [0.25, 0.3) is 0 Å². The number of benzene rings is 5. The van der Waals surface area contributed by atoms with Gasteiger partial charge in [-0.05, 0) is 68.9 Å². The molecule has 1 aliphatic heterocycles. The molecule has 1 aromatic heterocycles. The van der Waals surface area contributed by atoms with Crippen LogP contribution in [0.2, 0.25) is 0 Å². The van der Waals surface area contributed by atoms with Crippen molar-refractivity contribution in [2.45, 2.75) is 38.9 Å². The monoisotopic (exact) mass is 511 g/mol. The number of rotatable bonds is 4. The van der Waals surface area contributed by atoms with Gasteiger partial charge >= 0.3 is 7.12 Å². The molecule has 6 aromatic rings. The molecule has 0 aliphatic carbocycles. The lowest BCUT2D eigenvalue weighted by Gasteiger charge is -2.32. The van der Waals surface area contributed by atoms with Crippen molar-refractivity contribution in [2.24, 2.45) is 0 Å². The van der Waals surface area contributed by atoms with Crippen molar-refractivity contribution >= 4 is 62.4 Å². The lowest BCUT2D eigenvalue weighted by Crippen LogP contribution is -2.41. The highest BCUT2D eigenvalue weighted by Crippen LogP contribution is 2.45. The highest BCUT2D eigenvalue weighted by molar-refractivity contribution is 6.66. The number of anilines is 3. The van der Waals surface area contributed by atoms with Crippen LogP contribution < -0.4 is 10.4 Å². The van der Waals surface area contributed by atoms with Gasteiger partial charge in [0.15, 0.2) is 0 Å². The Labute approximate surface area is 228 Å². The zero-order valence-electron chi connectivity index (χ0n) is 22.6. The van der Waals surface area contributed by atoms with Crippen LogP contribution in [0, 0.1) is 0 Å². The van der Waals surface area contributed by atoms with Crippen LogP contribution in [0.5, 0.6) is 0 Å². The molecule has 0 radical (unpaired) electrons. The van der Waals surface area contributed by atoms with Gasteiger partial charge in [-0.2, -0.15) is 0 Å². The molecule has 1 fully saturated rings. The van der Waals surface area contributed by atoms with Crippen molar-refractivity contribution in [2.75, 3.05) is 4.90 Å². The SMILES string of the molecule is CC1(C)OB(c2cccc3oc4cc(N(c5ccccc5)c5ccccc5)c5ccccc5c4c23)OC1(C)C. The number of nitrogens with zero attached hydrogens (tertiary/aromatic N) is 1. The highest BCUT2D eigenvalue weighted by atomic mass is 16.7. The topological polar surface area (TPSA) is 34.8 Å². The second-order valence-corrected chi connectivity index (χ2v) is 11.2. The largest absolute Gasteiger partial charge is 0.495 e. The van der Waals surface area contributed by atoms with Gasteiger partial charge in [0, 0.05) is 33.6 Å². The molecule has 0 unspecified atom stereocenters. The highest BCUT2D eigenvalue weighted by Gasteiger charge is 2.52. The minimum atomic E-state index is -0.483. The van der Waals surface area contributed by atoms with E-state index >= 15 is 0 Å². The lowest BCUT2D eigenvalue weighted by atomic mass is 9.76. The average molecular weight is 511 g/mol. The maximum atomic E-state index is 6.59. The molecule has 2 heterocycles. The van der Waals surface area contributed by atoms with E-state index in [-0.39, 0.29) is 0 Å². The van der Waals surface area contributed by atoms with Crippen LogP contribution in [-0.4, -0.2) is 18.3 Å². The smallest absolute Gasteiger partial charge is 0.456 e. The van der Waals surface area contributed by atoms with Crippen molar-refractivity contribution in [3.8, 4) is 0 Å². The molecule has 4 nitrogen and oxygen atoms in total. The molecule has 5 aromatic carbocycles. The lowest BCUT2D eigenvalue weighted by molar-refractivity contribution is 0.00578. The van der Waals surface area contributed by atoms with Gasteiger partial charge in [0.05, 0.1) is 16.9 Å². The van der Waals surface area contributed by atoms with Gasteiger partial charge in [0.1, 0.15) is 11.2 Å². The molecule has 39 heavy (non-hydrogen) atoms. The van der Waals surface area contributed by atoms with E-state index in [1.165, 1.54) is 0 Å². The first-order chi connectivity index (χ1) is 18.8. The van der Waals surface area contributed by atoms with Gasteiger partial charge < -0.3 is 18.6 Å². The van der Waals surface area contributed by atoms with Crippen LogP contribution in [0.25, 0.3) is 32.7 Å². The first kappa shape index (κ1) is 24.0. The zero-order valence-corrected chi connectivity index (χ0v) is 22.6. The first-order valence-corrected chi connectivity index (χ1v) is 13.5. The van der Waals surface area contributed by atoms with Gasteiger partial charge in [0.2, 0.25) is 0 Å². The molecule has 0 saturated carbocycles. The van der Waals surface area contributed by atoms with Crippen molar-refractivity contribution < 1.29 is 13.7 Å². The Balaban J connectivity index is 1.52. The molecule has 0 atom stereocenters. The third kappa shape index (κ3) is 3.76. The maximum absolute atomic E-state index is 6.59. The van der Waals surface area contributed by atoms with Gasteiger partial charge in [-0.3, -0.25) is 0 Å². The third-order valence-corrected chi connectivity index (χ3v) is 8.29. The van der Waals surface area contributed by atoms with Crippen LogP contribution in [0.1, 0.15) is 27.7 Å². The van der Waals surface area contributed by atoms with E-state index in [9.17, 15) is 0 Å². The number of para-hydroxylation sites is 2. The number of hydrogen-bond donors (Lipinski definition) is 0. The van der Waals surface area contributed by atoms with E-state index in [2.05, 4.69) is 118 Å². The average Bonchev–Trinajstić information content (AvgIpc) is 3.42. The predicted octanol–water partition coefficient (Wildman–Crippen LogP) is 8.51. The van der Waals surface area contributed by atoms with Crippen molar-refractivity contribution in [1.82, 2.24) is 0 Å². The Morgan fingerprint density at radius 2 is 1.13 bits per heavy atom. The van der Waals surface area contributed by atoms with Gasteiger partial charge in [-0.25, -0.2) is 0 Å². The Kier molecular flexibility index (Phi) is 5.38. The molecule has 1 aliphatic rings. The molecule has 0 N–H and O–H groups in total. The quantitative estimate of drug-likeness (QED) is 0.222. The second kappa shape index (κ2) is 8.73. The molecular weight excluding hydrogens is 481 g/mol. The summed E-state index contributed by atoms with van der Waals surface area (Å²) >= 11 is 0. The Morgan fingerprint density at radius 3 is 1.74 bits per heavy atom. The molecular formula is C34H30BNO3. The molecule has 5 heteroatoms. The van der Waals surface area contributed by atoms with Crippen LogP contribution >= 0.6 is 0 Å². The van der Waals surface area contributed by atoms with Gasteiger partial charge in [-0.15, -0.1) is 0 Å². The van der Waals surface area contributed by atoms with Crippen molar-refractivity contribution in [1.29, 1.82) is 0 Å². The standard InChI is InChI=1S/C34H30BNO3/c1-33(2)34(3,4)39-35(38-33)27-20-13-21-29-32(27)31-26-19-12-11-18-25(26)28(22-30(31)37-29)36(23-14-7-5-8-15-23)24-16-9-6-10-17-24/h5-22H,1-4H3. The molecule has 0 spiro atoms. The van der Waals surface area contributed by atoms with E-state index in [4.69, 9.17) is 13.7 Å². The molecule has 1 saturated heterocycles. The summed E-state index contributed by atoms with van der Waals surface area (Å²) in [5, 5.41) is 4.39. The summed E-state index contributed by atoms with van der Waals surface area (Å²) in [5.41, 5.74) is 5.02. The summed E-state index contributed by atoms with van der Waals surface area (Å²) in [6, 6.07) is 37.8. The Bertz CT molecular complexity index is 1770. The minimum absolute atomic E-state index is 0.430. The van der Waals surface area contributed by atoms with E-state index < -0.39 is 18.3 Å². The summed E-state index contributed by atoms with van der Waals surface area (Å²) in [7, 11) is -0.483. The zero-order chi connectivity index (χ0) is 26.8. The molecule has 0 bridgehead atoms.